The monoisotopic (exact) mass is 1440 g/mol. The number of nitrogens with two attached hydrogens (primary N) is 3. The Kier molecular flexibility index (Phi) is 21.6. The molecule has 28 heteroatoms. The summed E-state index contributed by atoms with van der Waals surface area (Å²) in [5, 5.41) is 33.2. The Morgan fingerprint density at radius 2 is 0.813 bits per heavy atom. The molecule has 6 aromatic heterocycles. The number of aromatic amines is 2. The van der Waals surface area contributed by atoms with Crippen LogP contribution in [0.2, 0.25) is 0 Å². The van der Waals surface area contributed by atoms with Crippen molar-refractivity contribution in [1.82, 2.24) is 79.1 Å². The van der Waals surface area contributed by atoms with Crippen LogP contribution in [0.4, 0.5) is 17.5 Å². The molecule has 9 heterocycles. The number of anilines is 3. The number of aryl methyl sites for hydroxylation is 1. The average Bonchev–Trinajstić information content (AvgIpc) is 1.61. The number of ether oxygens (including phenoxy) is 3. The highest BCUT2D eigenvalue weighted by atomic mass is 16.5. The molecule has 12 aromatic rings. The van der Waals surface area contributed by atoms with Gasteiger partial charge in [0.2, 0.25) is 17.7 Å². The molecule has 0 saturated carbocycles. The number of carbonyl (C=O) groups excluding carboxylic acids is 3. The quantitative estimate of drug-likeness (QED) is 0.0529. The van der Waals surface area contributed by atoms with E-state index in [1.807, 2.05) is 200 Å². The lowest BCUT2D eigenvalue weighted by Gasteiger charge is -2.33. The predicted molar refractivity (Wildman–Crippen MR) is 411 cm³/mol. The van der Waals surface area contributed by atoms with Crippen LogP contribution in [0, 0.1) is 0 Å². The highest BCUT2D eigenvalue weighted by Gasteiger charge is 2.33. The molecule has 8 N–H and O–H groups in total. The number of para-hydroxylation sites is 3. The van der Waals surface area contributed by atoms with Crippen molar-refractivity contribution in [3.8, 4) is 68.3 Å². The van der Waals surface area contributed by atoms with E-state index in [4.69, 9.17) is 46.7 Å². The standard InChI is InChI=1S/C28H31N7O3.C26H26N6O3.C25H24N6O3/c1-33(2)16-7-11-23(36)34-17-6-8-20(18-34)35-26-24(27(29)30-31-28(26)37)25(32-35)19-12-14-22(15-13-19)38-21-9-4-3-5-10-21;1-3-21(33)31-15-7-8-18(16-31)32-24-22(25(27)29-30(2)26(24)34)23(28-32)17-11-13-20(14-12-17)35-19-9-5-4-6-10-19;1-2-20(32)30-14-6-7-17(15-30)31-23-21(24(26)27-28-25(23)33)22(29-31)16-10-12-19(13-11-16)34-18-8-4-3-5-9-18/h3-5,7,9-10,12-16,20H,6,8,11,17-18H2,1-2H3,(H2,29,30)(H,31,37);3-6,9-14,18H,1,7-8,15-16H2,2H3,(H2,27,29);2-5,8-13,17H,1,6-7,14-15H2,(H2,26,27)(H,28,33)/b16-7+;;. The van der Waals surface area contributed by atoms with Gasteiger partial charge in [-0.05, 0) is 166 Å². The molecule has 107 heavy (non-hydrogen) atoms. The molecule has 0 spiro atoms. The van der Waals surface area contributed by atoms with E-state index in [1.165, 1.54) is 16.8 Å². The van der Waals surface area contributed by atoms with Crippen molar-refractivity contribution in [3.05, 3.63) is 232 Å². The Morgan fingerprint density at radius 3 is 1.18 bits per heavy atom. The van der Waals surface area contributed by atoms with Crippen LogP contribution in [0.1, 0.15) is 63.1 Å². The van der Waals surface area contributed by atoms with Crippen molar-refractivity contribution >= 4 is 67.9 Å². The topological polar surface area (TPSA) is 350 Å². The number of hydrogen-bond donors (Lipinski definition) is 5. The van der Waals surface area contributed by atoms with Crippen molar-refractivity contribution in [2.75, 3.05) is 70.6 Å². The summed E-state index contributed by atoms with van der Waals surface area (Å²) >= 11 is 0. The molecule has 546 valence electrons. The van der Waals surface area contributed by atoms with Crippen molar-refractivity contribution < 1.29 is 28.6 Å². The maximum absolute atomic E-state index is 13.2. The molecule has 3 aliphatic heterocycles. The highest BCUT2D eigenvalue weighted by Crippen LogP contribution is 2.39. The summed E-state index contributed by atoms with van der Waals surface area (Å²) in [5.74, 6) is 4.64. The van der Waals surface area contributed by atoms with Gasteiger partial charge >= 0.3 is 0 Å². The minimum absolute atomic E-state index is 0.0496. The third-order valence-corrected chi connectivity index (χ3v) is 18.8. The smallest absolute Gasteiger partial charge is 0.292 e. The zero-order chi connectivity index (χ0) is 74.8. The van der Waals surface area contributed by atoms with E-state index < -0.39 is 0 Å². The SMILES string of the molecule is C=CC(=O)N1CCCC(n2nc(-c3ccc(Oc4ccccc4)cc3)c3c(N)n[nH]c(=O)c32)C1.C=CC(=O)N1CCCC(n2nc(-c3ccc(Oc4ccccc4)cc3)c3c(N)nn(C)c(=O)c32)C1.CN(C)/C=C/CC(=O)N1CCCC(n2nc(-c3ccc(Oc4ccccc4)cc3)c3c(N)n[nH]c(=O)c32)C1. The van der Waals surface area contributed by atoms with E-state index in [2.05, 4.69) is 38.7 Å². The van der Waals surface area contributed by atoms with Crippen LogP contribution in [-0.4, -0.2) is 150 Å². The zero-order valence-corrected chi connectivity index (χ0v) is 59.4. The first-order valence-corrected chi connectivity index (χ1v) is 35.1. The largest absolute Gasteiger partial charge is 0.457 e. The number of carbonyl (C=O) groups is 3. The van der Waals surface area contributed by atoms with Gasteiger partial charge < -0.3 is 51.0 Å². The van der Waals surface area contributed by atoms with Crippen molar-refractivity contribution in [1.29, 1.82) is 0 Å². The molecule has 3 saturated heterocycles. The minimum atomic E-state index is -0.376. The fourth-order valence-corrected chi connectivity index (χ4v) is 13.7. The number of piperidine rings is 3. The molecule has 15 rings (SSSR count). The second-order valence-corrected chi connectivity index (χ2v) is 26.3. The second kappa shape index (κ2) is 32.1. The normalized spacial score (nSPS) is 15.8. The number of nitrogens with one attached hydrogen (secondary N) is 2. The summed E-state index contributed by atoms with van der Waals surface area (Å²) in [4.78, 5) is 83.4. The number of likely N-dealkylation sites (tertiary alicyclic amines) is 3. The molecule has 6 aromatic carbocycles. The van der Waals surface area contributed by atoms with Gasteiger partial charge in [0.25, 0.3) is 16.7 Å². The van der Waals surface area contributed by atoms with E-state index in [0.717, 1.165) is 72.5 Å². The summed E-state index contributed by atoms with van der Waals surface area (Å²) in [7, 11) is 5.40. The number of aromatic nitrogens is 12. The lowest BCUT2D eigenvalue weighted by atomic mass is 10.0. The molecular weight excluding hydrogens is 1360 g/mol. The number of amides is 3. The minimum Gasteiger partial charge on any atom is -0.457 e. The van der Waals surface area contributed by atoms with E-state index in [0.29, 0.717) is 113 Å². The highest BCUT2D eigenvalue weighted by molar-refractivity contribution is 6.02. The lowest BCUT2D eigenvalue weighted by molar-refractivity contribution is -0.132. The second-order valence-electron chi connectivity index (χ2n) is 26.3. The van der Waals surface area contributed by atoms with E-state index in [9.17, 15) is 28.8 Å². The molecule has 3 amide bonds. The number of H-pyrrole nitrogens is 2. The first-order chi connectivity index (χ1) is 51.9. The van der Waals surface area contributed by atoms with Gasteiger partial charge in [0.05, 0.1) is 34.3 Å². The number of nitrogen functional groups attached to an aromatic ring is 3. The van der Waals surface area contributed by atoms with Crippen LogP contribution in [0.25, 0.3) is 66.5 Å². The van der Waals surface area contributed by atoms with Crippen molar-refractivity contribution in [2.45, 2.75) is 63.1 Å². The molecular formula is C79H81N19O9. The molecule has 0 aliphatic carbocycles. The number of benzene rings is 6. The summed E-state index contributed by atoms with van der Waals surface area (Å²) in [5.41, 5.74) is 22.9. The van der Waals surface area contributed by atoms with Gasteiger partial charge in [-0.1, -0.05) is 73.8 Å². The summed E-state index contributed by atoms with van der Waals surface area (Å²) in [6.45, 7) is 10.5. The third kappa shape index (κ3) is 15.9. The predicted octanol–water partition coefficient (Wildman–Crippen LogP) is 10.8. The van der Waals surface area contributed by atoms with Gasteiger partial charge in [0, 0.05) is 83.5 Å². The fraction of sp³-hybridized carbons (Fsp3) is 0.241. The average molecular weight is 1440 g/mol. The summed E-state index contributed by atoms with van der Waals surface area (Å²) in [6, 6.07) is 50.4. The molecule has 0 bridgehead atoms. The van der Waals surface area contributed by atoms with Gasteiger partial charge in [0.15, 0.2) is 17.5 Å². The van der Waals surface area contributed by atoms with E-state index in [-0.39, 0.29) is 70.0 Å². The number of hydrogen-bond acceptors (Lipinski definition) is 19. The van der Waals surface area contributed by atoms with Crippen molar-refractivity contribution in [2.24, 2.45) is 7.05 Å². The third-order valence-electron chi connectivity index (χ3n) is 18.8. The Hall–Kier alpha value is -13.4. The van der Waals surface area contributed by atoms with E-state index in [1.54, 1.807) is 30.9 Å². The molecule has 28 nitrogen and oxygen atoms in total. The number of nitrogens with zero attached hydrogens (tertiary/aromatic N) is 14. The zero-order valence-electron chi connectivity index (χ0n) is 59.4. The van der Waals surface area contributed by atoms with Crippen LogP contribution in [0.15, 0.2) is 216 Å². The van der Waals surface area contributed by atoms with E-state index >= 15 is 0 Å². The molecule has 3 unspecified atom stereocenters. The van der Waals surface area contributed by atoms with Crippen molar-refractivity contribution in [3.63, 3.8) is 0 Å². The van der Waals surface area contributed by atoms with Crippen LogP contribution >= 0.6 is 0 Å². The van der Waals surface area contributed by atoms with Gasteiger partial charge in [-0.3, -0.25) is 42.8 Å². The Bertz CT molecular complexity index is 5440. The maximum Gasteiger partial charge on any atom is 0.292 e. The molecule has 0 radical (unpaired) electrons. The Labute approximate surface area is 614 Å². The first-order valence-electron chi connectivity index (χ1n) is 35.1. The number of rotatable bonds is 17. The van der Waals surface area contributed by atoms with Crippen LogP contribution < -0.4 is 48.1 Å². The first kappa shape index (κ1) is 72.0. The van der Waals surface area contributed by atoms with Gasteiger partial charge in [0.1, 0.15) is 68.1 Å². The van der Waals surface area contributed by atoms with Crippen LogP contribution in [0.5, 0.6) is 34.5 Å². The number of fused-ring (bicyclic) bond motifs is 3. The Balaban J connectivity index is 0.000000142. The molecule has 3 aliphatic rings. The lowest BCUT2D eigenvalue weighted by Crippen LogP contribution is -2.41. The molecule has 3 atom stereocenters. The van der Waals surface area contributed by atoms with Crippen LogP contribution in [0.3, 0.4) is 0 Å². The van der Waals surface area contributed by atoms with Gasteiger partial charge in [-0.2, -0.15) is 30.6 Å². The van der Waals surface area contributed by atoms with Crippen LogP contribution in [-0.2, 0) is 21.4 Å². The summed E-state index contributed by atoms with van der Waals surface area (Å²) < 4.78 is 24.1. The fourth-order valence-electron chi connectivity index (χ4n) is 13.7. The molecule has 3 fully saturated rings. The van der Waals surface area contributed by atoms with Gasteiger partial charge in [-0.25, -0.2) is 14.9 Å². The summed E-state index contributed by atoms with van der Waals surface area (Å²) in [6.07, 6.45) is 11.4. The maximum atomic E-state index is 13.2. The van der Waals surface area contributed by atoms with Gasteiger partial charge in [-0.15, -0.1) is 0 Å². The Morgan fingerprint density at radius 1 is 0.477 bits per heavy atom.